The monoisotopic (exact) mass is 391 g/mol. The maximum absolute atomic E-state index is 11.9. The summed E-state index contributed by atoms with van der Waals surface area (Å²) in [4.78, 5) is 14.1. The van der Waals surface area contributed by atoms with Crippen molar-refractivity contribution in [1.29, 1.82) is 0 Å². The molecule has 148 valence electrons. The molecule has 2 fully saturated rings. The summed E-state index contributed by atoms with van der Waals surface area (Å²) < 4.78 is 10.6. The highest BCUT2D eigenvalue weighted by atomic mass is 32.1. The van der Waals surface area contributed by atoms with E-state index in [0.717, 1.165) is 68.3 Å². The van der Waals surface area contributed by atoms with Crippen molar-refractivity contribution in [3.63, 3.8) is 0 Å². The van der Waals surface area contributed by atoms with Crippen LogP contribution in [0.1, 0.15) is 31.2 Å². The summed E-state index contributed by atoms with van der Waals surface area (Å²) in [7, 11) is 3.28. The van der Waals surface area contributed by atoms with Crippen LogP contribution in [0.3, 0.4) is 0 Å². The van der Waals surface area contributed by atoms with Crippen LogP contribution in [0, 0.1) is 5.92 Å². The zero-order valence-electron chi connectivity index (χ0n) is 16.1. The van der Waals surface area contributed by atoms with Gasteiger partial charge in [0.15, 0.2) is 16.6 Å². The molecule has 1 aromatic rings. The van der Waals surface area contributed by atoms with Gasteiger partial charge in [0.05, 0.1) is 14.2 Å². The Labute approximate surface area is 166 Å². The van der Waals surface area contributed by atoms with Crippen molar-refractivity contribution in [3.8, 4) is 11.5 Å². The molecule has 7 heteroatoms. The molecule has 0 atom stereocenters. The van der Waals surface area contributed by atoms with Gasteiger partial charge in [0.2, 0.25) is 5.91 Å². The van der Waals surface area contributed by atoms with Gasteiger partial charge >= 0.3 is 0 Å². The number of thiocarbonyl (C=S) groups is 1. The normalized spacial score (nSPS) is 17.3. The molecule has 2 N–H and O–H groups in total. The molecule has 1 aliphatic carbocycles. The maximum Gasteiger partial charge on any atom is 0.223 e. The zero-order chi connectivity index (χ0) is 19.2. The Hall–Kier alpha value is -2.02. The first-order valence-corrected chi connectivity index (χ1v) is 10.1. The second-order valence-corrected chi connectivity index (χ2v) is 7.60. The first-order chi connectivity index (χ1) is 13.1. The topological polar surface area (TPSA) is 62.8 Å². The van der Waals surface area contributed by atoms with Crippen LogP contribution in [0.15, 0.2) is 18.2 Å². The molecule has 1 aromatic carbocycles. The highest BCUT2D eigenvalue weighted by Crippen LogP contribution is 2.29. The molecule has 0 aromatic heterocycles. The van der Waals surface area contributed by atoms with Crippen molar-refractivity contribution in [3.05, 3.63) is 23.8 Å². The number of piperidine rings is 1. The molecule has 1 aliphatic heterocycles. The Kier molecular flexibility index (Phi) is 6.77. The van der Waals surface area contributed by atoms with Crippen molar-refractivity contribution < 1.29 is 14.3 Å². The Bertz CT molecular complexity index is 670. The van der Waals surface area contributed by atoms with Crippen LogP contribution in [0.4, 0.5) is 0 Å². The van der Waals surface area contributed by atoms with E-state index in [-0.39, 0.29) is 11.8 Å². The Morgan fingerprint density at radius 3 is 2.48 bits per heavy atom. The lowest BCUT2D eigenvalue weighted by Crippen LogP contribution is -2.49. The zero-order valence-corrected chi connectivity index (χ0v) is 16.9. The molecule has 6 nitrogen and oxygen atoms in total. The lowest BCUT2D eigenvalue weighted by atomic mass is 10.1. The number of hydrogen-bond acceptors (Lipinski definition) is 4. The smallest absolute Gasteiger partial charge is 0.223 e. The molecule has 0 radical (unpaired) electrons. The van der Waals surface area contributed by atoms with Gasteiger partial charge in [-0.3, -0.25) is 4.79 Å². The summed E-state index contributed by atoms with van der Waals surface area (Å²) in [5.74, 6) is 2.00. The molecule has 27 heavy (non-hydrogen) atoms. The van der Waals surface area contributed by atoms with Gasteiger partial charge in [-0.2, -0.15) is 0 Å². The third-order valence-electron chi connectivity index (χ3n) is 5.21. The highest BCUT2D eigenvalue weighted by molar-refractivity contribution is 7.80. The minimum absolute atomic E-state index is 0.240. The minimum Gasteiger partial charge on any atom is -0.493 e. The van der Waals surface area contributed by atoms with Gasteiger partial charge < -0.3 is 25.0 Å². The highest BCUT2D eigenvalue weighted by Gasteiger charge is 2.31. The number of likely N-dealkylation sites (tertiary alicyclic amines) is 1. The summed E-state index contributed by atoms with van der Waals surface area (Å²) in [5.41, 5.74) is 1.17. The second-order valence-electron chi connectivity index (χ2n) is 7.22. The third kappa shape index (κ3) is 5.48. The van der Waals surface area contributed by atoms with E-state index in [0.29, 0.717) is 6.04 Å². The van der Waals surface area contributed by atoms with Crippen molar-refractivity contribution in [2.24, 2.45) is 5.92 Å². The molecule has 1 saturated carbocycles. The SMILES string of the molecule is COc1ccc(CCNC(=S)N2CCC(NC(=O)C3CC3)CC2)cc1OC. The molecule has 3 rings (SSSR count). The first kappa shape index (κ1) is 19.7. The van der Waals surface area contributed by atoms with Crippen LogP contribution >= 0.6 is 12.2 Å². The van der Waals surface area contributed by atoms with E-state index in [2.05, 4.69) is 15.5 Å². The summed E-state index contributed by atoms with van der Waals surface area (Å²) in [6.45, 7) is 2.54. The predicted molar refractivity (Wildman–Crippen MR) is 109 cm³/mol. The molecule has 1 amide bonds. The van der Waals surface area contributed by atoms with E-state index in [1.165, 1.54) is 5.56 Å². The number of benzene rings is 1. The number of carbonyl (C=O) groups excluding carboxylic acids is 1. The van der Waals surface area contributed by atoms with E-state index in [1.54, 1.807) is 14.2 Å². The van der Waals surface area contributed by atoms with E-state index < -0.39 is 0 Å². The van der Waals surface area contributed by atoms with E-state index in [1.807, 2.05) is 18.2 Å². The Morgan fingerprint density at radius 2 is 1.85 bits per heavy atom. The quantitative estimate of drug-likeness (QED) is 0.694. The van der Waals surface area contributed by atoms with Gasteiger partial charge in [0.25, 0.3) is 0 Å². The predicted octanol–water partition coefficient (Wildman–Crippen LogP) is 2.11. The Balaban J connectivity index is 1.38. The number of methoxy groups -OCH3 is 2. The van der Waals surface area contributed by atoms with Crippen molar-refractivity contribution in [2.75, 3.05) is 33.9 Å². The van der Waals surface area contributed by atoms with Crippen LogP contribution < -0.4 is 20.1 Å². The van der Waals surface area contributed by atoms with E-state index in [9.17, 15) is 4.79 Å². The average molecular weight is 392 g/mol. The number of carbonyl (C=O) groups is 1. The van der Waals surface area contributed by atoms with Gasteiger partial charge in [-0.1, -0.05) is 6.07 Å². The fraction of sp³-hybridized carbons (Fsp3) is 0.600. The van der Waals surface area contributed by atoms with Crippen LogP contribution in [-0.4, -0.2) is 55.8 Å². The molecule has 1 heterocycles. The largest absolute Gasteiger partial charge is 0.493 e. The maximum atomic E-state index is 11.9. The molecule has 0 spiro atoms. The second kappa shape index (κ2) is 9.26. The van der Waals surface area contributed by atoms with E-state index in [4.69, 9.17) is 21.7 Å². The molecule has 1 saturated heterocycles. The summed E-state index contributed by atoms with van der Waals surface area (Å²) in [6, 6.07) is 6.26. The number of rotatable bonds is 7. The number of amides is 1. The van der Waals surface area contributed by atoms with Gasteiger partial charge in [0, 0.05) is 31.6 Å². The number of hydrogen-bond donors (Lipinski definition) is 2. The standard InChI is InChI=1S/C20H29N3O3S/c1-25-17-6-3-14(13-18(17)26-2)7-10-21-20(27)23-11-8-16(9-12-23)22-19(24)15-4-5-15/h3,6,13,15-16H,4-5,7-12H2,1-2H3,(H,21,27)(H,22,24). The van der Waals surface area contributed by atoms with Crippen molar-refractivity contribution in [2.45, 2.75) is 38.1 Å². The number of nitrogens with zero attached hydrogens (tertiary/aromatic N) is 1. The fourth-order valence-corrected chi connectivity index (χ4v) is 3.64. The van der Waals surface area contributed by atoms with Gasteiger partial charge in [-0.05, 0) is 62.0 Å². The molecule has 2 aliphatic rings. The molecule has 0 bridgehead atoms. The number of ether oxygens (including phenoxy) is 2. The molecule has 0 unspecified atom stereocenters. The first-order valence-electron chi connectivity index (χ1n) is 9.64. The lowest BCUT2D eigenvalue weighted by Gasteiger charge is -2.34. The lowest BCUT2D eigenvalue weighted by molar-refractivity contribution is -0.123. The minimum atomic E-state index is 0.240. The van der Waals surface area contributed by atoms with Crippen molar-refractivity contribution >= 4 is 23.2 Å². The molecular formula is C20H29N3O3S. The van der Waals surface area contributed by atoms with Crippen LogP contribution in [0.25, 0.3) is 0 Å². The van der Waals surface area contributed by atoms with Gasteiger partial charge in [-0.25, -0.2) is 0 Å². The summed E-state index contributed by atoms with van der Waals surface area (Å²) in [5, 5.41) is 7.32. The summed E-state index contributed by atoms with van der Waals surface area (Å²) in [6.07, 6.45) is 4.87. The third-order valence-corrected chi connectivity index (χ3v) is 5.62. The van der Waals surface area contributed by atoms with Crippen LogP contribution in [0.5, 0.6) is 11.5 Å². The van der Waals surface area contributed by atoms with Gasteiger partial charge in [-0.15, -0.1) is 0 Å². The van der Waals surface area contributed by atoms with Crippen LogP contribution in [-0.2, 0) is 11.2 Å². The van der Waals surface area contributed by atoms with Crippen LogP contribution in [0.2, 0.25) is 0 Å². The average Bonchev–Trinajstić information content (AvgIpc) is 3.53. The van der Waals surface area contributed by atoms with Crippen molar-refractivity contribution in [1.82, 2.24) is 15.5 Å². The fourth-order valence-electron chi connectivity index (χ4n) is 3.35. The van der Waals surface area contributed by atoms with E-state index >= 15 is 0 Å². The molecular weight excluding hydrogens is 362 g/mol. The van der Waals surface area contributed by atoms with Gasteiger partial charge in [0.1, 0.15) is 0 Å². The number of nitrogens with one attached hydrogen (secondary N) is 2. The Morgan fingerprint density at radius 1 is 1.15 bits per heavy atom. The summed E-state index contributed by atoms with van der Waals surface area (Å²) >= 11 is 5.54.